The Bertz CT molecular complexity index is 464. The lowest BCUT2D eigenvalue weighted by molar-refractivity contribution is 0.220. The Kier molecular flexibility index (Phi) is 4.84. The highest BCUT2D eigenvalue weighted by Gasteiger charge is 2.23. The Morgan fingerprint density at radius 2 is 2.15 bits per heavy atom. The highest BCUT2D eigenvalue weighted by Crippen LogP contribution is 2.28. The highest BCUT2D eigenvalue weighted by molar-refractivity contribution is 5.74. The summed E-state index contributed by atoms with van der Waals surface area (Å²) in [5.41, 5.74) is 2.64. The average molecular weight is 277 g/mol. The van der Waals surface area contributed by atoms with Gasteiger partial charge in [0.15, 0.2) is 0 Å². The summed E-state index contributed by atoms with van der Waals surface area (Å²) in [5, 5.41) is 14.4. The Balaban J connectivity index is 1.84. The maximum absolute atomic E-state index is 11.6. The Morgan fingerprint density at radius 3 is 2.90 bits per heavy atom. The molecule has 2 amide bonds. The van der Waals surface area contributed by atoms with Crippen LogP contribution in [0.1, 0.15) is 19.4 Å². The first-order valence-corrected chi connectivity index (χ1v) is 7.11. The maximum atomic E-state index is 11.6. The smallest absolute Gasteiger partial charge is 0.315 e. The molecular weight excluding hydrogens is 254 g/mol. The second-order valence-corrected chi connectivity index (χ2v) is 5.36. The van der Waals surface area contributed by atoms with Crippen molar-refractivity contribution in [2.24, 2.45) is 0 Å². The Hall–Kier alpha value is -1.75. The second-order valence-electron chi connectivity index (χ2n) is 5.36. The van der Waals surface area contributed by atoms with Crippen LogP contribution in [0.25, 0.3) is 0 Å². The minimum absolute atomic E-state index is 0.0531. The van der Waals surface area contributed by atoms with Crippen LogP contribution in [0.4, 0.5) is 10.5 Å². The maximum Gasteiger partial charge on any atom is 0.315 e. The number of carbonyl (C=O) groups excluding carboxylic acids is 1. The van der Waals surface area contributed by atoms with Crippen LogP contribution in [-0.2, 0) is 6.42 Å². The second kappa shape index (κ2) is 6.61. The monoisotopic (exact) mass is 277 g/mol. The Morgan fingerprint density at radius 1 is 1.40 bits per heavy atom. The number of benzene rings is 1. The van der Waals surface area contributed by atoms with Gasteiger partial charge in [-0.1, -0.05) is 18.2 Å². The van der Waals surface area contributed by atoms with E-state index in [4.69, 9.17) is 5.11 Å². The molecule has 5 nitrogen and oxygen atoms in total. The fourth-order valence-electron chi connectivity index (χ4n) is 2.49. The molecule has 0 saturated heterocycles. The van der Waals surface area contributed by atoms with Gasteiger partial charge in [0.05, 0.1) is 12.6 Å². The van der Waals surface area contributed by atoms with Crippen LogP contribution in [0, 0.1) is 0 Å². The van der Waals surface area contributed by atoms with Crippen LogP contribution >= 0.6 is 0 Å². The number of hydrogen-bond donors (Lipinski definition) is 3. The topological polar surface area (TPSA) is 64.6 Å². The van der Waals surface area contributed by atoms with E-state index in [0.29, 0.717) is 6.54 Å². The molecule has 0 saturated carbocycles. The number of aliphatic hydroxyl groups is 1. The molecule has 1 heterocycles. The van der Waals surface area contributed by atoms with E-state index in [0.717, 1.165) is 13.0 Å². The third kappa shape index (κ3) is 3.42. The van der Waals surface area contributed by atoms with Gasteiger partial charge in [0.1, 0.15) is 0 Å². The highest BCUT2D eigenvalue weighted by atomic mass is 16.3. The molecule has 20 heavy (non-hydrogen) atoms. The molecule has 1 aromatic carbocycles. The van der Waals surface area contributed by atoms with Crippen molar-refractivity contribution >= 4 is 11.7 Å². The fraction of sp³-hybridized carbons (Fsp3) is 0.533. The summed E-state index contributed by atoms with van der Waals surface area (Å²) >= 11 is 0. The number of nitrogens with one attached hydrogen (secondary N) is 2. The summed E-state index contributed by atoms with van der Waals surface area (Å²) in [6.07, 6.45) is 1.06. The van der Waals surface area contributed by atoms with Crippen molar-refractivity contribution in [1.82, 2.24) is 10.6 Å². The van der Waals surface area contributed by atoms with Gasteiger partial charge in [-0.3, -0.25) is 0 Å². The van der Waals surface area contributed by atoms with Gasteiger partial charge in [-0.05, 0) is 31.9 Å². The molecule has 0 radical (unpaired) electrons. The molecule has 5 heteroatoms. The van der Waals surface area contributed by atoms with Gasteiger partial charge < -0.3 is 20.6 Å². The zero-order chi connectivity index (χ0) is 14.5. The fourth-order valence-corrected chi connectivity index (χ4v) is 2.49. The molecule has 0 spiro atoms. The molecule has 110 valence electrons. The average Bonchev–Trinajstić information content (AvgIpc) is 2.88. The molecule has 1 aromatic rings. The molecule has 2 rings (SSSR count). The van der Waals surface area contributed by atoms with E-state index in [2.05, 4.69) is 40.7 Å². The summed E-state index contributed by atoms with van der Waals surface area (Å²) in [7, 11) is 0. The summed E-state index contributed by atoms with van der Waals surface area (Å²) in [4.78, 5) is 13.9. The first-order valence-electron chi connectivity index (χ1n) is 7.11. The zero-order valence-electron chi connectivity index (χ0n) is 12.1. The van der Waals surface area contributed by atoms with Gasteiger partial charge in [-0.25, -0.2) is 4.79 Å². The van der Waals surface area contributed by atoms with E-state index in [1.165, 1.54) is 11.3 Å². The SMILES string of the molecule is CC(CO)NC(=O)NCC(C)N1CCc2ccccc21. The van der Waals surface area contributed by atoms with Crippen molar-refractivity contribution in [2.75, 3.05) is 24.6 Å². The summed E-state index contributed by atoms with van der Waals surface area (Å²) < 4.78 is 0. The zero-order valence-corrected chi connectivity index (χ0v) is 12.1. The van der Waals surface area contributed by atoms with Gasteiger partial charge in [0.2, 0.25) is 0 Å². The van der Waals surface area contributed by atoms with Gasteiger partial charge in [0.25, 0.3) is 0 Å². The number of carbonyl (C=O) groups is 1. The van der Waals surface area contributed by atoms with Crippen molar-refractivity contribution in [3.63, 3.8) is 0 Å². The van der Waals surface area contributed by atoms with Gasteiger partial charge >= 0.3 is 6.03 Å². The molecule has 1 aliphatic heterocycles. The standard InChI is InChI=1S/C15H23N3O2/c1-11(10-19)17-15(20)16-9-12(2)18-8-7-13-5-3-4-6-14(13)18/h3-6,11-12,19H,7-10H2,1-2H3,(H2,16,17,20). The predicted molar refractivity (Wildman–Crippen MR) is 80.0 cm³/mol. The first-order chi connectivity index (χ1) is 9.61. The molecule has 2 unspecified atom stereocenters. The van der Waals surface area contributed by atoms with Crippen LogP contribution in [-0.4, -0.2) is 42.9 Å². The van der Waals surface area contributed by atoms with E-state index in [-0.39, 0.29) is 24.7 Å². The molecular formula is C15H23N3O2. The van der Waals surface area contributed by atoms with Crippen LogP contribution in [0.2, 0.25) is 0 Å². The first kappa shape index (κ1) is 14.7. The molecule has 2 atom stereocenters. The lowest BCUT2D eigenvalue weighted by Crippen LogP contribution is -2.47. The number of rotatable bonds is 5. The van der Waals surface area contributed by atoms with E-state index >= 15 is 0 Å². The number of urea groups is 1. The van der Waals surface area contributed by atoms with Gasteiger partial charge in [0, 0.05) is 24.8 Å². The lowest BCUT2D eigenvalue weighted by Gasteiger charge is -2.27. The minimum atomic E-state index is -0.231. The van der Waals surface area contributed by atoms with Crippen molar-refractivity contribution < 1.29 is 9.90 Å². The van der Waals surface area contributed by atoms with Crippen LogP contribution in [0.5, 0.6) is 0 Å². The predicted octanol–water partition coefficient (Wildman–Crippen LogP) is 1.12. The number of para-hydroxylation sites is 1. The van der Waals surface area contributed by atoms with E-state index < -0.39 is 0 Å². The van der Waals surface area contributed by atoms with Crippen molar-refractivity contribution in [2.45, 2.75) is 32.4 Å². The minimum Gasteiger partial charge on any atom is -0.394 e. The normalized spacial score (nSPS) is 16.4. The molecule has 0 fully saturated rings. The van der Waals surface area contributed by atoms with Crippen molar-refractivity contribution in [3.8, 4) is 0 Å². The Labute approximate surface area is 120 Å². The van der Waals surface area contributed by atoms with E-state index in [9.17, 15) is 4.79 Å². The lowest BCUT2D eigenvalue weighted by atomic mass is 10.2. The quantitative estimate of drug-likeness (QED) is 0.755. The number of amides is 2. The molecule has 0 aromatic heterocycles. The van der Waals surface area contributed by atoms with Crippen molar-refractivity contribution in [1.29, 1.82) is 0 Å². The third-order valence-electron chi connectivity index (χ3n) is 3.66. The summed E-state index contributed by atoms with van der Waals surface area (Å²) in [6, 6.07) is 8.19. The number of aliphatic hydroxyl groups excluding tert-OH is 1. The number of fused-ring (bicyclic) bond motifs is 1. The summed E-state index contributed by atoms with van der Waals surface area (Å²) in [5.74, 6) is 0. The number of anilines is 1. The van der Waals surface area contributed by atoms with Crippen LogP contribution < -0.4 is 15.5 Å². The molecule has 3 N–H and O–H groups in total. The number of hydrogen-bond acceptors (Lipinski definition) is 3. The number of nitrogens with zero attached hydrogens (tertiary/aromatic N) is 1. The van der Waals surface area contributed by atoms with Crippen LogP contribution in [0.15, 0.2) is 24.3 Å². The molecule has 0 aliphatic carbocycles. The molecule has 1 aliphatic rings. The van der Waals surface area contributed by atoms with E-state index in [1.807, 2.05) is 6.07 Å². The van der Waals surface area contributed by atoms with Gasteiger partial charge in [-0.15, -0.1) is 0 Å². The van der Waals surface area contributed by atoms with Crippen LogP contribution in [0.3, 0.4) is 0 Å². The largest absolute Gasteiger partial charge is 0.394 e. The van der Waals surface area contributed by atoms with Crippen molar-refractivity contribution in [3.05, 3.63) is 29.8 Å². The summed E-state index contributed by atoms with van der Waals surface area (Å²) in [6.45, 7) is 5.40. The molecule has 0 bridgehead atoms. The van der Waals surface area contributed by atoms with E-state index in [1.54, 1.807) is 6.92 Å². The third-order valence-corrected chi connectivity index (χ3v) is 3.66. The van der Waals surface area contributed by atoms with Gasteiger partial charge in [-0.2, -0.15) is 0 Å².